The van der Waals surface area contributed by atoms with Crippen molar-refractivity contribution >= 4 is 11.5 Å². The summed E-state index contributed by atoms with van der Waals surface area (Å²) in [4.78, 5) is 6.24. The largest absolute Gasteiger partial charge is 0.506 e. The molecule has 5 heteroatoms. The number of para-hydroxylation sites is 2. The van der Waals surface area contributed by atoms with Crippen LogP contribution in [0.3, 0.4) is 0 Å². The second-order valence-electron chi connectivity index (χ2n) is 4.93. The highest BCUT2D eigenvalue weighted by Crippen LogP contribution is 2.32. The molecule has 0 aliphatic rings. The molecule has 0 amide bonds. The number of pyridine rings is 1. The van der Waals surface area contributed by atoms with Crippen molar-refractivity contribution in [2.24, 2.45) is 0 Å². The number of hydrogen-bond acceptors (Lipinski definition) is 5. The molecular formula is C17H16N4O. The molecule has 3 aromatic rings. The highest BCUT2D eigenvalue weighted by atomic mass is 16.3. The molecule has 5 nitrogen and oxygen atoms in total. The van der Waals surface area contributed by atoms with Gasteiger partial charge in [0.05, 0.1) is 23.6 Å². The Morgan fingerprint density at radius 1 is 0.955 bits per heavy atom. The van der Waals surface area contributed by atoms with Crippen molar-refractivity contribution in [2.45, 2.75) is 13.5 Å². The van der Waals surface area contributed by atoms with Crippen LogP contribution >= 0.6 is 0 Å². The van der Waals surface area contributed by atoms with E-state index in [0.29, 0.717) is 18.1 Å². The smallest absolute Gasteiger partial charge is 0.156 e. The van der Waals surface area contributed by atoms with E-state index in [1.807, 2.05) is 54.3 Å². The predicted molar refractivity (Wildman–Crippen MR) is 85.0 cm³/mol. The molecule has 0 aliphatic carbocycles. The van der Waals surface area contributed by atoms with Crippen molar-refractivity contribution in [3.8, 4) is 5.75 Å². The first-order chi connectivity index (χ1) is 10.7. The van der Waals surface area contributed by atoms with Crippen LogP contribution in [0.1, 0.15) is 11.4 Å². The monoisotopic (exact) mass is 292 g/mol. The Hall–Kier alpha value is -2.95. The van der Waals surface area contributed by atoms with Crippen LogP contribution in [-0.4, -0.2) is 20.3 Å². The summed E-state index contributed by atoms with van der Waals surface area (Å²) in [5.74, 6) is 0.860. The Balaban J connectivity index is 2.02. The van der Waals surface area contributed by atoms with E-state index in [1.165, 1.54) is 0 Å². The summed E-state index contributed by atoms with van der Waals surface area (Å²) in [6, 6.07) is 16.7. The molecule has 2 heterocycles. The van der Waals surface area contributed by atoms with Gasteiger partial charge in [0.25, 0.3) is 0 Å². The predicted octanol–water partition coefficient (Wildman–Crippen LogP) is 3.22. The van der Waals surface area contributed by atoms with Gasteiger partial charge in [0.1, 0.15) is 5.75 Å². The van der Waals surface area contributed by atoms with Gasteiger partial charge in [-0.3, -0.25) is 4.98 Å². The fraction of sp³-hybridized carbons (Fsp3) is 0.118. The number of aryl methyl sites for hydroxylation is 1. The third-order valence-electron chi connectivity index (χ3n) is 3.28. The third kappa shape index (κ3) is 3.03. The fourth-order valence-corrected chi connectivity index (χ4v) is 2.17. The lowest BCUT2D eigenvalue weighted by Gasteiger charge is -2.23. The average Bonchev–Trinajstić information content (AvgIpc) is 2.55. The van der Waals surface area contributed by atoms with Crippen LogP contribution in [0.4, 0.5) is 11.5 Å². The number of phenolic OH excluding ortho intramolecular Hbond substituents is 1. The Morgan fingerprint density at radius 3 is 2.45 bits per heavy atom. The number of anilines is 2. The minimum atomic E-state index is 0.195. The number of rotatable bonds is 4. The Bertz CT molecular complexity index is 744. The normalized spacial score (nSPS) is 10.4. The molecule has 0 radical (unpaired) electrons. The number of aromatic hydroxyl groups is 1. The van der Waals surface area contributed by atoms with Crippen molar-refractivity contribution in [1.82, 2.24) is 15.2 Å². The van der Waals surface area contributed by atoms with Gasteiger partial charge in [0.15, 0.2) is 5.82 Å². The molecule has 110 valence electrons. The van der Waals surface area contributed by atoms with Gasteiger partial charge in [0.2, 0.25) is 0 Å². The summed E-state index contributed by atoms with van der Waals surface area (Å²) in [6.07, 6.45) is 1.75. The molecule has 1 aromatic carbocycles. The van der Waals surface area contributed by atoms with E-state index < -0.39 is 0 Å². The molecular weight excluding hydrogens is 276 g/mol. The van der Waals surface area contributed by atoms with E-state index in [9.17, 15) is 5.11 Å². The highest BCUT2D eigenvalue weighted by molar-refractivity contribution is 5.66. The quantitative estimate of drug-likeness (QED) is 0.800. The standard InChI is InChI=1S/C17H16N4O/c1-13-9-10-17(20-19-13)21(12-14-6-4-5-11-18-14)15-7-2-3-8-16(15)22/h2-11,22H,12H2,1H3. The third-order valence-corrected chi connectivity index (χ3v) is 3.28. The lowest BCUT2D eigenvalue weighted by Crippen LogP contribution is -2.19. The number of benzene rings is 1. The van der Waals surface area contributed by atoms with E-state index in [4.69, 9.17) is 0 Å². The van der Waals surface area contributed by atoms with Gasteiger partial charge < -0.3 is 10.0 Å². The lowest BCUT2D eigenvalue weighted by atomic mass is 10.2. The van der Waals surface area contributed by atoms with Crippen LogP contribution in [0.15, 0.2) is 60.8 Å². The SMILES string of the molecule is Cc1ccc(N(Cc2ccccn2)c2ccccc2O)nn1. The molecule has 0 aliphatic heterocycles. The topological polar surface area (TPSA) is 62.1 Å². The summed E-state index contributed by atoms with van der Waals surface area (Å²) in [7, 11) is 0. The molecule has 22 heavy (non-hydrogen) atoms. The van der Waals surface area contributed by atoms with E-state index in [-0.39, 0.29) is 5.75 Å². The first-order valence-electron chi connectivity index (χ1n) is 7.00. The van der Waals surface area contributed by atoms with Crippen LogP contribution in [0.2, 0.25) is 0 Å². The molecule has 0 unspecified atom stereocenters. The van der Waals surface area contributed by atoms with Crippen LogP contribution in [-0.2, 0) is 6.54 Å². The van der Waals surface area contributed by atoms with Crippen LogP contribution in [0.5, 0.6) is 5.75 Å². The van der Waals surface area contributed by atoms with E-state index >= 15 is 0 Å². The fourth-order valence-electron chi connectivity index (χ4n) is 2.17. The Kier molecular flexibility index (Phi) is 3.96. The number of phenols is 1. The summed E-state index contributed by atoms with van der Waals surface area (Å²) < 4.78 is 0. The summed E-state index contributed by atoms with van der Waals surface area (Å²) >= 11 is 0. The van der Waals surface area contributed by atoms with Crippen LogP contribution in [0, 0.1) is 6.92 Å². The molecule has 2 aromatic heterocycles. The maximum Gasteiger partial charge on any atom is 0.156 e. The maximum atomic E-state index is 10.2. The van der Waals surface area contributed by atoms with Crippen molar-refractivity contribution in [3.05, 3.63) is 72.2 Å². The van der Waals surface area contributed by atoms with Crippen LogP contribution < -0.4 is 4.90 Å². The van der Waals surface area contributed by atoms with Crippen molar-refractivity contribution in [3.63, 3.8) is 0 Å². The number of aromatic nitrogens is 3. The van der Waals surface area contributed by atoms with Gasteiger partial charge in [-0.05, 0) is 43.3 Å². The van der Waals surface area contributed by atoms with Crippen molar-refractivity contribution in [1.29, 1.82) is 0 Å². The van der Waals surface area contributed by atoms with Crippen LogP contribution in [0.25, 0.3) is 0 Å². The minimum Gasteiger partial charge on any atom is -0.506 e. The first kappa shape index (κ1) is 14.0. The van der Waals surface area contributed by atoms with E-state index in [0.717, 1.165) is 11.4 Å². The molecule has 0 bridgehead atoms. The van der Waals surface area contributed by atoms with Gasteiger partial charge in [-0.1, -0.05) is 18.2 Å². The molecule has 0 fully saturated rings. The molecule has 0 atom stereocenters. The lowest BCUT2D eigenvalue weighted by molar-refractivity contribution is 0.475. The number of hydrogen-bond donors (Lipinski definition) is 1. The first-order valence-corrected chi connectivity index (χ1v) is 7.00. The zero-order chi connectivity index (χ0) is 15.4. The second kappa shape index (κ2) is 6.22. The van der Waals surface area contributed by atoms with Gasteiger partial charge in [-0.2, -0.15) is 5.10 Å². The summed E-state index contributed by atoms with van der Waals surface area (Å²) in [5.41, 5.74) is 2.40. The summed E-state index contributed by atoms with van der Waals surface area (Å²) in [5, 5.41) is 18.5. The van der Waals surface area contributed by atoms with Gasteiger partial charge in [-0.25, -0.2) is 0 Å². The molecule has 0 spiro atoms. The van der Waals surface area contributed by atoms with E-state index in [1.54, 1.807) is 18.3 Å². The summed E-state index contributed by atoms with van der Waals surface area (Å²) in [6.45, 7) is 2.38. The Morgan fingerprint density at radius 2 is 1.77 bits per heavy atom. The molecule has 0 saturated carbocycles. The average molecular weight is 292 g/mol. The van der Waals surface area contributed by atoms with Crippen molar-refractivity contribution in [2.75, 3.05) is 4.90 Å². The highest BCUT2D eigenvalue weighted by Gasteiger charge is 2.15. The minimum absolute atomic E-state index is 0.195. The van der Waals surface area contributed by atoms with Crippen molar-refractivity contribution < 1.29 is 5.11 Å². The zero-order valence-corrected chi connectivity index (χ0v) is 12.2. The Labute approximate surface area is 128 Å². The van der Waals surface area contributed by atoms with Gasteiger partial charge in [0, 0.05) is 6.20 Å². The molecule has 0 saturated heterocycles. The second-order valence-corrected chi connectivity index (χ2v) is 4.93. The number of nitrogens with zero attached hydrogens (tertiary/aromatic N) is 4. The maximum absolute atomic E-state index is 10.2. The molecule has 1 N–H and O–H groups in total. The van der Waals surface area contributed by atoms with Gasteiger partial charge in [-0.15, -0.1) is 5.10 Å². The zero-order valence-electron chi connectivity index (χ0n) is 12.2. The van der Waals surface area contributed by atoms with Gasteiger partial charge >= 0.3 is 0 Å². The molecule has 3 rings (SSSR count). The van der Waals surface area contributed by atoms with E-state index in [2.05, 4.69) is 15.2 Å².